The molecule has 0 saturated heterocycles. The van der Waals surface area contributed by atoms with Gasteiger partial charge in [0.25, 0.3) is 11.6 Å². The number of likely N-dealkylation sites (N-methyl/N-ethyl adjacent to an activating group) is 1. The molecule has 0 radical (unpaired) electrons. The van der Waals surface area contributed by atoms with E-state index in [4.69, 9.17) is 0 Å². The Morgan fingerprint density at radius 1 is 1.04 bits per heavy atom. The maximum Gasteiger partial charge on any atom is 0.293 e. The highest BCUT2D eigenvalue weighted by atomic mass is 16.6. The van der Waals surface area contributed by atoms with Crippen LogP contribution in [0.25, 0.3) is 10.8 Å². The van der Waals surface area contributed by atoms with Crippen molar-refractivity contribution in [1.29, 1.82) is 0 Å². The highest BCUT2D eigenvalue weighted by molar-refractivity contribution is 5.94. The van der Waals surface area contributed by atoms with Crippen LogP contribution in [0.3, 0.4) is 0 Å². The summed E-state index contributed by atoms with van der Waals surface area (Å²) in [6.07, 6.45) is 0. The third-order valence-corrected chi connectivity index (χ3v) is 4.86. The maximum atomic E-state index is 12.4. The summed E-state index contributed by atoms with van der Waals surface area (Å²) in [4.78, 5) is 24.3. The van der Waals surface area contributed by atoms with E-state index < -0.39 is 4.92 Å². The van der Waals surface area contributed by atoms with Crippen molar-refractivity contribution in [3.63, 3.8) is 0 Å². The van der Waals surface area contributed by atoms with Crippen molar-refractivity contribution in [2.75, 3.05) is 18.9 Å². The quantitative estimate of drug-likeness (QED) is 0.511. The van der Waals surface area contributed by atoms with Crippen LogP contribution in [0.1, 0.15) is 16.7 Å². The molecule has 3 aromatic rings. The van der Waals surface area contributed by atoms with Gasteiger partial charge in [0.05, 0.1) is 12.0 Å². The van der Waals surface area contributed by atoms with Gasteiger partial charge in [0.15, 0.2) is 6.54 Å². The molecule has 1 unspecified atom stereocenters. The van der Waals surface area contributed by atoms with Gasteiger partial charge in [-0.2, -0.15) is 0 Å². The van der Waals surface area contributed by atoms with Crippen LogP contribution in [-0.2, 0) is 11.3 Å². The van der Waals surface area contributed by atoms with Crippen molar-refractivity contribution in [3.05, 3.63) is 81.4 Å². The Labute approximate surface area is 163 Å². The van der Waals surface area contributed by atoms with E-state index in [1.165, 1.54) is 16.8 Å². The van der Waals surface area contributed by atoms with Gasteiger partial charge < -0.3 is 10.2 Å². The van der Waals surface area contributed by atoms with E-state index in [0.717, 1.165) is 21.6 Å². The fraction of sp³-hybridized carbons (Fsp3) is 0.227. The predicted octanol–water partition coefficient (Wildman–Crippen LogP) is 3.02. The molecule has 1 atom stereocenters. The Hall–Kier alpha value is -3.25. The van der Waals surface area contributed by atoms with Crippen LogP contribution in [0.4, 0.5) is 11.4 Å². The molecule has 6 nitrogen and oxygen atoms in total. The van der Waals surface area contributed by atoms with Crippen molar-refractivity contribution in [1.82, 2.24) is 0 Å². The minimum Gasteiger partial charge on any atom is -0.326 e. The third-order valence-electron chi connectivity index (χ3n) is 4.86. The number of nitro benzene ring substituents is 1. The first kappa shape index (κ1) is 19.5. The molecular formula is C22H24N3O3+. The summed E-state index contributed by atoms with van der Waals surface area (Å²) in [5, 5.41) is 16.3. The Morgan fingerprint density at radius 2 is 1.71 bits per heavy atom. The second-order valence-electron chi connectivity index (χ2n) is 7.25. The molecule has 144 valence electrons. The summed E-state index contributed by atoms with van der Waals surface area (Å²) < 4.78 is 0. The lowest BCUT2D eigenvalue weighted by Crippen LogP contribution is -3.08. The van der Waals surface area contributed by atoms with Gasteiger partial charge in [0.1, 0.15) is 12.2 Å². The van der Waals surface area contributed by atoms with Gasteiger partial charge in [0, 0.05) is 11.6 Å². The molecule has 1 amide bonds. The standard InChI is InChI=1S/C22H23N3O3/c1-15-10-20(21(25(27)28)11-16(15)2)23-22(26)14-24(3)13-17-8-9-18-6-4-5-7-19(18)12-17/h4-12H,13-14H2,1-3H3,(H,23,26)/p+1. The van der Waals surface area contributed by atoms with E-state index >= 15 is 0 Å². The number of benzene rings is 3. The highest BCUT2D eigenvalue weighted by Gasteiger charge is 2.19. The second-order valence-corrected chi connectivity index (χ2v) is 7.25. The number of hydrogen-bond donors (Lipinski definition) is 2. The zero-order valence-corrected chi connectivity index (χ0v) is 16.3. The molecule has 0 spiro atoms. The molecule has 0 aliphatic carbocycles. The Morgan fingerprint density at radius 3 is 2.43 bits per heavy atom. The van der Waals surface area contributed by atoms with Gasteiger partial charge in [-0.05, 0) is 47.9 Å². The fourth-order valence-electron chi connectivity index (χ4n) is 3.28. The summed E-state index contributed by atoms with van der Waals surface area (Å²) in [6.45, 7) is 4.59. The van der Waals surface area contributed by atoms with Crippen molar-refractivity contribution >= 4 is 28.1 Å². The average molecular weight is 378 g/mol. The molecule has 6 heteroatoms. The summed E-state index contributed by atoms with van der Waals surface area (Å²) in [6, 6.07) is 17.6. The lowest BCUT2D eigenvalue weighted by atomic mass is 10.1. The third kappa shape index (κ3) is 4.53. The van der Waals surface area contributed by atoms with Crippen molar-refractivity contribution in [2.24, 2.45) is 0 Å². The lowest BCUT2D eigenvalue weighted by Gasteiger charge is -2.15. The molecule has 28 heavy (non-hydrogen) atoms. The minimum atomic E-state index is -0.465. The Balaban J connectivity index is 1.67. The van der Waals surface area contributed by atoms with Gasteiger partial charge >= 0.3 is 0 Å². The number of hydrogen-bond acceptors (Lipinski definition) is 3. The topological polar surface area (TPSA) is 76.7 Å². The second kappa shape index (κ2) is 8.19. The molecule has 0 heterocycles. The van der Waals surface area contributed by atoms with Crippen LogP contribution in [0.15, 0.2) is 54.6 Å². The number of aryl methyl sites for hydroxylation is 2. The van der Waals surface area contributed by atoms with Gasteiger partial charge in [-0.25, -0.2) is 0 Å². The summed E-state index contributed by atoms with van der Waals surface area (Å²) in [5.74, 6) is -0.246. The molecule has 0 saturated carbocycles. The van der Waals surface area contributed by atoms with Crippen LogP contribution >= 0.6 is 0 Å². The average Bonchev–Trinajstić information content (AvgIpc) is 2.64. The molecule has 3 aromatic carbocycles. The van der Waals surface area contributed by atoms with Crippen LogP contribution in [0.5, 0.6) is 0 Å². The van der Waals surface area contributed by atoms with E-state index in [1.807, 2.05) is 33.0 Å². The number of fused-ring (bicyclic) bond motifs is 1. The first-order valence-corrected chi connectivity index (χ1v) is 9.18. The number of carbonyl (C=O) groups is 1. The van der Waals surface area contributed by atoms with Gasteiger partial charge in [-0.3, -0.25) is 14.9 Å². The highest BCUT2D eigenvalue weighted by Crippen LogP contribution is 2.27. The molecule has 0 aromatic heterocycles. The Bertz CT molecular complexity index is 1050. The zero-order valence-electron chi connectivity index (χ0n) is 16.3. The van der Waals surface area contributed by atoms with Gasteiger partial charge in [-0.15, -0.1) is 0 Å². The van der Waals surface area contributed by atoms with Crippen molar-refractivity contribution < 1.29 is 14.6 Å². The number of nitrogens with one attached hydrogen (secondary N) is 2. The van der Waals surface area contributed by atoms with E-state index in [-0.39, 0.29) is 23.8 Å². The number of anilines is 1. The lowest BCUT2D eigenvalue weighted by molar-refractivity contribution is -0.885. The number of quaternary nitrogens is 1. The first-order chi connectivity index (χ1) is 13.3. The largest absolute Gasteiger partial charge is 0.326 e. The summed E-state index contributed by atoms with van der Waals surface area (Å²) in [5.41, 5.74) is 3.03. The molecule has 0 bridgehead atoms. The number of nitrogens with zero attached hydrogens (tertiary/aromatic N) is 1. The number of amides is 1. The van der Waals surface area contributed by atoms with E-state index in [1.54, 1.807) is 6.07 Å². The van der Waals surface area contributed by atoms with Gasteiger partial charge in [0.2, 0.25) is 0 Å². The minimum absolute atomic E-state index is 0.0800. The van der Waals surface area contributed by atoms with Crippen LogP contribution < -0.4 is 10.2 Å². The molecule has 0 aliphatic rings. The molecular weight excluding hydrogens is 354 g/mol. The predicted molar refractivity (Wildman–Crippen MR) is 111 cm³/mol. The number of rotatable bonds is 6. The summed E-state index contributed by atoms with van der Waals surface area (Å²) in [7, 11) is 1.93. The van der Waals surface area contributed by atoms with Crippen molar-refractivity contribution in [3.8, 4) is 0 Å². The zero-order chi connectivity index (χ0) is 20.3. The summed E-state index contributed by atoms with van der Waals surface area (Å²) >= 11 is 0. The first-order valence-electron chi connectivity index (χ1n) is 9.18. The van der Waals surface area contributed by atoms with Crippen LogP contribution in [0, 0.1) is 24.0 Å². The van der Waals surface area contributed by atoms with E-state index in [2.05, 4.69) is 35.6 Å². The van der Waals surface area contributed by atoms with Crippen LogP contribution in [-0.4, -0.2) is 24.4 Å². The monoisotopic (exact) mass is 378 g/mol. The molecule has 0 aliphatic heterocycles. The van der Waals surface area contributed by atoms with Gasteiger partial charge in [-0.1, -0.05) is 36.4 Å². The van der Waals surface area contributed by atoms with Crippen LogP contribution in [0.2, 0.25) is 0 Å². The molecule has 2 N–H and O–H groups in total. The Kier molecular flexibility index (Phi) is 5.70. The van der Waals surface area contributed by atoms with E-state index in [9.17, 15) is 14.9 Å². The molecule has 3 rings (SSSR count). The molecule has 0 fully saturated rings. The smallest absolute Gasteiger partial charge is 0.293 e. The fourth-order valence-corrected chi connectivity index (χ4v) is 3.28. The number of carbonyl (C=O) groups excluding carboxylic acids is 1. The van der Waals surface area contributed by atoms with Crippen molar-refractivity contribution in [2.45, 2.75) is 20.4 Å². The normalized spacial score (nSPS) is 12.0. The number of nitro groups is 1. The SMILES string of the molecule is Cc1cc(NC(=O)C[NH+](C)Cc2ccc3ccccc3c2)c([N+](=O)[O-])cc1C. The van der Waals surface area contributed by atoms with E-state index in [0.29, 0.717) is 6.54 Å². The maximum absolute atomic E-state index is 12.4.